The van der Waals surface area contributed by atoms with Crippen molar-refractivity contribution in [3.05, 3.63) is 35.9 Å². The molecule has 1 aromatic carbocycles. The molecule has 8 aliphatic rings. The molecule has 0 heterocycles. The average Bonchev–Trinajstić information content (AvgIpc) is 3.24. The van der Waals surface area contributed by atoms with E-state index in [0.29, 0.717) is 0 Å². The second kappa shape index (κ2) is 5.17. The van der Waals surface area contributed by atoms with Crippen LogP contribution >= 0.6 is 7.92 Å². The molecular weight excluding hydrogens is 331 g/mol. The van der Waals surface area contributed by atoms with Gasteiger partial charge in [-0.2, -0.15) is 0 Å². The number of benzene rings is 1. The molecule has 0 aromatic heterocycles. The zero-order chi connectivity index (χ0) is 16.9. The summed E-state index contributed by atoms with van der Waals surface area (Å²) in [6.45, 7) is 0. The van der Waals surface area contributed by atoms with Crippen molar-refractivity contribution in [3.8, 4) is 0 Å². The molecular formula is C25H33P. The van der Waals surface area contributed by atoms with E-state index >= 15 is 0 Å². The molecule has 0 N–H and O–H groups in total. The largest absolute Gasteiger partial charge is 0.0891 e. The molecule has 138 valence electrons. The molecule has 9 rings (SSSR count). The van der Waals surface area contributed by atoms with Gasteiger partial charge in [-0.05, 0) is 122 Å². The summed E-state index contributed by atoms with van der Waals surface area (Å²) in [5, 5.41) is 1.62. The average molecular weight is 365 g/mol. The normalized spacial score (nSPS) is 53.7. The molecule has 0 amide bonds. The first-order valence-electron chi connectivity index (χ1n) is 11.5. The summed E-state index contributed by atoms with van der Waals surface area (Å²) in [7, 11) is 0.147. The summed E-state index contributed by atoms with van der Waals surface area (Å²) >= 11 is 0. The Morgan fingerprint density at radius 3 is 2.04 bits per heavy atom. The number of hydrogen-bond acceptors (Lipinski definition) is 0. The standard InChI is InChI=1S/C25H33P/c1-2-4-17(5-3-1)16-26(24-11-20-7-21(14-24)22(8-20)15-24)25-12-18-6-19(13-25)10-23(25)9-18/h1-5,18-23H,6-16H2. The van der Waals surface area contributed by atoms with Crippen molar-refractivity contribution in [1.82, 2.24) is 0 Å². The third-order valence-corrected chi connectivity index (χ3v) is 14.3. The lowest BCUT2D eigenvalue weighted by Crippen LogP contribution is -2.42. The first-order chi connectivity index (χ1) is 12.7. The minimum Gasteiger partial charge on any atom is -0.0891 e. The Kier molecular flexibility index (Phi) is 3.09. The maximum absolute atomic E-state index is 2.46. The van der Waals surface area contributed by atoms with Crippen LogP contribution in [0.25, 0.3) is 0 Å². The van der Waals surface area contributed by atoms with Crippen molar-refractivity contribution < 1.29 is 0 Å². The van der Waals surface area contributed by atoms with Crippen molar-refractivity contribution in [2.45, 2.75) is 80.7 Å². The summed E-state index contributed by atoms with van der Waals surface area (Å²) in [5.74, 6) is 6.79. The maximum atomic E-state index is 2.46. The van der Waals surface area contributed by atoms with Gasteiger partial charge in [0.15, 0.2) is 0 Å². The van der Waals surface area contributed by atoms with Crippen LogP contribution in [0, 0.1) is 35.5 Å². The lowest BCUT2D eigenvalue weighted by molar-refractivity contribution is 0.277. The quantitative estimate of drug-likeness (QED) is 0.514. The number of rotatable bonds is 4. The van der Waals surface area contributed by atoms with Crippen molar-refractivity contribution in [1.29, 1.82) is 0 Å². The molecule has 0 saturated heterocycles. The predicted octanol–water partition coefficient (Wildman–Crippen LogP) is 6.83. The molecule has 8 fully saturated rings. The fourth-order valence-electron chi connectivity index (χ4n) is 9.86. The van der Waals surface area contributed by atoms with E-state index in [0.717, 1.165) is 45.8 Å². The highest BCUT2D eigenvalue weighted by Gasteiger charge is 2.67. The molecule has 8 bridgehead atoms. The monoisotopic (exact) mass is 364 g/mol. The van der Waals surface area contributed by atoms with Crippen LogP contribution < -0.4 is 0 Å². The lowest BCUT2D eigenvalue weighted by Gasteiger charge is -2.54. The maximum Gasteiger partial charge on any atom is -0.00528 e. The Morgan fingerprint density at radius 2 is 1.38 bits per heavy atom. The smallest absolute Gasteiger partial charge is 0.00528 e. The second-order valence-corrected chi connectivity index (χ2v) is 14.4. The van der Waals surface area contributed by atoms with Crippen molar-refractivity contribution in [3.63, 3.8) is 0 Å². The Morgan fingerprint density at radius 1 is 0.731 bits per heavy atom. The van der Waals surface area contributed by atoms with Crippen LogP contribution in [0.2, 0.25) is 0 Å². The van der Waals surface area contributed by atoms with Gasteiger partial charge in [0.2, 0.25) is 0 Å². The molecule has 0 radical (unpaired) electrons. The zero-order valence-corrected chi connectivity index (χ0v) is 17.0. The molecule has 0 spiro atoms. The van der Waals surface area contributed by atoms with E-state index in [9.17, 15) is 0 Å². The SMILES string of the molecule is c1ccc(CP(C23CC4CC(C2)C(C4)C3)C23CC4CC(CC2C4)C3)cc1. The fourth-order valence-corrected chi connectivity index (χ4v) is 15.0. The fraction of sp³-hybridized carbons (Fsp3) is 0.760. The third-order valence-electron chi connectivity index (χ3n) is 10.1. The van der Waals surface area contributed by atoms with Gasteiger partial charge in [-0.15, -0.1) is 0 Å². The van der Waals surface area contributed by atoms with Gasteiger partial charge >= 0.3 is 0 Å². The number of hydrogen-bond donors (Lipinski definition) is 0. The van der Waals surface area contributed by atoms with Gasteiger partial charge in [0.05, 0.1) is 0 Å². The summed E-state index contributed by atoms with van der Waals surface area (Å²) in [4.78, 5) is 0. The summed E-state index contributed by atoms with van der Waals surface area (Å²) in [6, 6.07) is 11.7. The van der Waals surface area contributed by atoms with Crippen LogP contribution in [0.3, 0.4) is 0 Å². The summed E-state index contributed by atoms with van der Waals surface area (Å²) < 4.78 is 0. The molecule has 1 heteroatoms. The Bertz CT molecular complexity index is 689. The molecule has 1 aromatic rings. The third kappa shape index (κ3) is 1.96. The first kappa shape index (κ1) is 15.6. The van der Waals surface area contributed by atoms with Crippen LogP contribution in [0.5, 0.6) is 0 Å². The van der Waals surface area contributed by atoms with Crippen molar-refractivity contribution in [2.24, 2.45) is 35.5 Å². The van der Waals surface area contributed by atoms with Crippen LogP contribution in [-0.4, -0.2) is 10.3 Å². The van der Waals surface area contributed by atoms with E-state index in [-0.39, 0.29) is 7.92 Å². The molecule has 8 saturated carbocycles. The second-order valence-electron chi connectivity index (χ2n) is 11.4. The van der Waals surface area contributed by atoms with Gasteiger partial charge in [-0.25, -0.2) is 0 Å². The molecule has 5 unspecified atom stereocenters. The van der Waals surface area contributed by atoms with E-state index in [1.165, 1.54) is 6.16 Å². The first-order valence-corrected chi connectivity index (χ1v) is 13.1. The molecule has 0 aliphatic heterocycles. The van der Waals surface area contributed by atoms with E-state index in [2.05, 4.69) is 30.3 Å². The van der Waals surface area contributed by atoms with Crippen LogP contribution in [-0.2, 0) is 6.16 Å². The van der Waals surface area contributed by atoms with Gasteiger partial charge in [0.1, 0.15) is 0 Å². The van der Waals surface area contributed by atoms with Gasteiger partial charge in [-0.3, -0.25) is 0 Å². The minimum atomic E-state index is 0.147. The van der Waals surface area contributed by atoms with Crippen LogP contribution in [0.1, 0.15) is 69.8 Å². The van der Waals surface area contributed by atoms with Crippen molar-refractivity contribution in [2.75, 3.05) is 0 Å². The minimum absolute atomic E-state index is 0.147. The van der Waals surface area contributed by atoms with Crippen LogP contribution in [0.15, 0.2) is 30.3 Å². The van der Waals surface area contributed by atoms with Crippen LogP contribution in [0.4, 0.5) is 0 Å². The predicted molar refractivity (Wildman–Crippen MR) is 110 cm³/mol. The molecule has 26 heavy (non-hydrogen) atoms. The van der Waals surface area contributed by atoms with Gasteiger partial charge in [-0.1, -0.05) is 38.3 Å². The Hall–Kier alpha value is -0.350. The van der Waals surface area contributed by atoms with E-state index in [1.54, 1.807) is 69.8 Å². The highest BCUT2D eigenvalue weighted by molar-refractivity contribution is 7.60. The molecule has 8 aliphatic carbocycles. The lowest BCUT2D eigenvalue weighted by atomic mass is 9.81. The highest BCUT2D eigenvalue weighted by atomic mass is 31.1. The van der Waals surface area contributed by atoms with E-state index < -0.39 is 0 Å². The van der Waals surface area contributed by atoms with E-state index in [1.807, 2.05) is 0 Å². The van der Waals surface area contributed by atoms with Gasteiger partial charge < -0.3 is 0 Å². The zero-order valence-electron chi connectivity index (χ0n) is 16.1. The van der Waals surface area contributed by atoms with Gasteiger partial charge in [0, 0.05) is 0 Å². The Balaban J connectivity index is 1.32. The topological polar surface area (TPSA) is 0 Å². The summed E-state index contributed by atoms with van der Waals surface area (Å²) in [5.41, 5.74) is 1.68. The summed E-state index contributed by atoms with van der Waals surface area (Å²) in [6.07, 6.45) is 17.8. The van der Waals surface area contributed by atoms with Gasteiger partial charge in [0.25, 0.3) is 0 Å². The highest BCUT2D eigenvalue weighted by Crippen LogP contribution is 2.83. The van der Waals surface area contributed by atoms with Crippen molar-refractivity contribution >= 4 is 7.92 Å². The molecule has 5 atom stereocenters. The van der Waals surface area contributed by atoms with E-state index in [4.69, 9.17) is 0 Å². The molecule has 0 nitrogen and oxygen atoms in total. The Labute approximate surface area is 160 Å².